The molecule has 0 atom stereocenters. The zero-order valence-corrected chi connectivity index (χ0v) is 18.6. The lowest BCUT2D eigenvalue weighted by Crippen LogP contribution is -2.37. The molecule has 5 heterocycles. The number of halogens is 1. The molecule has 0 saturated heterocycles. The highest BCUT2D eigenvalue weighted by Gasteiger charge is 2.26. The summed E-state index contributed by atoms with van der Waals surface area (Å²) in [5.41, 5.74) is 5.21. The van der Waals surface area contributed by atoms with E-state index in [1.54, 1.807) is 22.4 Å². The van der Waals surface area contributed by atoms with Gasteiger partial charge in [0.15, 0.2) is 0 Å². The van der Waals surface area contributed by atoms with Gasteiger partial charge in [-0.05, 0) is 19.1 Å². The van der Waals surface area contributed by atoms with Crippen molar-refractivity contribution in [2.45, 2.75) is 6.92 Å². The molecule has 0 N–H and O–H groups in total. The van der Waals surface area contributed by atoms with Gasteiger partial charge >= 0.3 is 0 Å². The van der Waals surface area contributed by atoms with Crippen LogP contribution in [0.5, 0.6) is 0 Å². The molecule has 0 saturated carbocycles. The molecule has 4 aromatic rings. The van der Waals surface area contributed by atoms with Crippen LogP contribution in [0.1, 0.15) is 5.56 Å². The van der Waals surface area contributed by atoms with Crippen molar-refractivity contribution in [2.75, 3.05) is 29.9 Å². The Morgan fingerprint density at radius 1 is 1.03 bits per heavy atom. The van der Waals surface area contributed by atoms with E-state index in [4.69, 9.17) is 16.6 Å². The molecule has 0 aromatic carbocycles. The average molecular weight is 436 g/mol. The Balaban J connectivity index is 1.71. The summed E-state index contributed by atoms with van der Waals surface area (Å²) in [6.07, 6.45) is 5.63. The Hall–Kier alpha value is -3.39. The predicted octanol–water partition coefficient (Wildman–Crippen LogP) is 3.28. The third-order valence-corrected chi connectivity index (χ3v) is 6.02. The standard InChI is InChI=1S/C22H22ClN7O/c1-13-7-15-17(29(4)22(13)31)9-20(23)26-21(15)30-6-5-27(2)18-8-16(24-11-19(18)30)14-10-25-28(3)12-14/h7-12H,5-6H2,1-4H3. The van der Waals surface area contributed by atoms with Gasteiger partial charge in [-0.2, -0.15) is 5.10 Å². The first-order valence-electron chi connectivity index (χ1n) is 9.98. The van der Waals surface area contributed by atoms with Crippen LogP contribution < -0.4 is 15.4 Å². The van der Waals surface area contributed by atoms with E-state index in [1.807, 2.05) is 38.6 Å². The average Bonchev–Trinajstić information content (AvgIpc) is 3.19. The minimum atomic E-state index is -0.0396. The van der Waals surface area contributed by atoms with Gasteiger partial charge in [-0.15, -0.1) is 0 Å². The molecule has 0 bridgehead atoms. The lowest BCUT2D eigenvalue weighted by molar-refractivity contribution is 0.768. The lowest BCUT2D eigenvalue weighted by atomic mass is 10.1. The first kappa shape index (κ1) is 19.6. The summed E-state index contributed by atoms with van der Waals surface area (Å²) in [5.74, 6) is 0.728. The summed E-state index contributed by atoms with van der Waals surface area (Å²) in [6, 6.07) is 5.71. The largest absolute Gasteiger partial charge is 0.371 e. The number of pyridine rings is 3. The molecule has 0 amide bonds. The summed E-state index contributed by atoms with van der Waals surface area (Å²) in [7, 11) is 5.72. The first-order valence-corrected chi connectivity index (χ1v) is 10.4. The second-order valence-corrected chi connectivity index (χ2v) is 8.31. The van der Waals surface area contributed by atoms with E-state index < -0.39 is 0 Å². The van der Waals surface area contributed by atoms with Gasteiger partial charge in [0.1, 0.15) is 11.0 Å². The van der Waals surface area contributed by atoms with Crippen molar-refractivity contribution in [3.63, 3.8) is 0 Å². The Labute approximate surface area is 184 Å². The van der Waals surface area contributed by atoms with Crippen LogP contribution >= 0.6 is 11.6 Å². The fourth-order valence-corrected chi connectivity index (χ4v) is 4.33. The van der Waals surface area contributed by atoms with Crippen molar-refractivity contribution in [1.29, 1.82) is 0 Å². The van der Waals surface area contributed by atoms with Crippen LogP contribution in [0.2, 0.25) is 5.15 Å². The summed E-state index contributed by atoms with van der Waals surface area (Å²) in [5, 5.41) is 5.49. The fraction of sp³-hybridized carbons (Fsp3) is 0.273. The van der Waals surface area contributed by atoms with Crippen molar-refractivity contribution in [1.82, 2.24) is 24.3 Å². The van der Waals surface area contributed by atoms with Crippen molar-refractivity contribution in [2.24, 2.45) is 14.1 Å². The highest BCUT2D eigenvalue weighted by molar-refractivity contribution is 6.30. The first-order chi connectivity index (χ1) is 14.8. The van der Waals surface area contributed by atoms with Crippen LogP contribution in [0, 0.1) is 6.92 Å². The van der Waals surface area contributed by atoms with Gasteiger partial charge in [0.2, 0.25) is 0 Å². The zero-order chi connectivity index (χ0) is 21.9. The third-order valence-electron chi connectivity index (χ3n) is 5.83. The number of hydrogen-bond acceptors (Lipinski definition) is 6. The minimum Gasteiger partial charge on any atom is -0.371 e. The van der Waals surface area contributed by atoms with Crippen LogP contribution in [0.4, 0.5) is 17.2 Å². The molecule has 1 aliphatic rings. The third kappa shape index (κ3) is 3.14. The molecular weight excluding hydrogens is 414 g/mol. The second kappa shape index (κ2) is 7.09. The summed E-state index contributed by atoms with van der Waals surface area (Å²) < 4.78 is 3.39. The molecule has 158 valence electrons. The van der Waals surface area contributed by atoms with Gasteiger partial charge in [-0.1, -0.05) is 11.6 Å². The molecule has 0 unspecified atom stereocenters. The van der Waals surface area contributed by atoms with Crippen molar-refractivity contribution >= 4 is 39.7 Å². The topological polar surface area (TPSA) is 72.1 Å². The van der Waals surface area contributed by atoms with E-state index in [0.717, 1.165) is 52.4 Å². The molecule has 9 heteroatoms. The van der Waals surface area contributed by atoms with Crippen LogP contribution in [-0.2, 0) is 14.1 Å². The van der Waals surface area contributed by atoms with Gasteiger partial charge in [-0.3, -0.25) is 14.5 Å². The molecule has 31 heavy (non-hydrogen) atoms. The molecular formula is C22H22ClN7O. The number of aryl methyl sites for hydroxylation is 3. The molecule has 0 aliphatic carbocycles. The number of nitrogens with zero attached hydrogens (tertiary/aromatic N) is 7. The van der Waals surface area contributed by atoms with Gasteiger partial charge < -0.3 is 14.4 Å². The highest BCUT2D eigenvalue weighted by atomic mass is 35.5. The number of anilines is 3. The van der Waals surface area contributed by atoms with Crippen molar-refractivity contribution in [3.8, 4) is 11.3 Å². The summed E-state index contributed by atoms with van der Waals surface area (Å²) in [6.45, 7) is 3.35. The van der Waals surface area contributed by atoms with Gasteiger partial charge in [0.25, 0.3) is 5.56 Å². The number of hydrogen-bond donors (Lipinski definition) is 0. The van der Waals surface area contributed by atoms with Crippen molar-refractivity contribution < 1.29 is 0 Å². The van der Waals surface area contributed by atoms with E-state index in [-0.39, 0.29) is 5.56 Å². The number of aromatic nitrogens is 5. The molecule has 0 fully saturated rings. The predicted molar refractivity (Wildman–Crippen MR) is 123 cm³/mol. The lowest BCUT2D eigenvalue weighted by Gasteiger charge is -2.36. The van der Waals surface area contributed by atoms with Crippen LogP contribution in [-0.4, -0.2) is 44.5 Å². The molecule has 1 aliphatic heterocycles. The fourth-order valence-electron chi connectivity index (χ4n) is 4.15. The maximum atomic E-state index is 12.5. The van der Waals surface area contributed by atoms with Crippen LogP contribution in [0.15, 0.2) is 41.6 Å². The molecule has 8 nitrogen and oxygen atoms in total. The van der Waals surface area contributed by atoms with E-state index in [0.29, 0.717) is 10.7 Å². The van der Waals surface area contributed by atoms with E-state index in [2.05, 4.69) is 33.0 Å². The SMILES string of the molecule is Cc1cc2c(N3CCN(C)c4cc(-c5cnn(C)c5)ncc43)nc(Cl)cc2n(C)c1=O. The Morgan fingerprint density at radius 2 is 1.84 bits per heavy atom. The smallest absolute Gasteiger partial charge is 0.253 e. The molecule has 0 radical (unpaired) electrons. The summed E-state index contributed by atoms with van der Waals surface area (Å²) >= 11 is 6.38. The highest BCUT2D eigenvalue weighted by Crippen LogP contribution is 2.40. The number of likely N-dealkylation sites (N-methyl/N-ethyl adjacent to an activating group) is 1. The Kier molecular flexibility index (Phi) is 4.48. The normalized spacial score (nSPS) is 13.7. The van der Waals surface area contributed by atoms with Crippen LogP contribution in [0.3, 0.4) is 0 Å². The minimum absolute atomic E-state index is 0.0396. The second-order valence-electron chi connectivity index (χ2n) is 7.93. The van der Waals surface area contributed by atoms with Gasteiger partial charge in [-0.25, -0.2) is 4.98 Å². The van der Waals surface area contributed by atoms with E-state index in [1.165, 1.54) is 0 Å². The quantitative estimate of drug-likeness (QED) is 0.450. The van der Waals surface area contributed by atoms with Gasteiger partial charge in [0.05, 0.1) is 35.0 Å². The van der Waals surface area contributed by atoms with E-state index >= 15 is 0 Å². The summed E-state index contributed by atoms with van der Waals surface area (Å²) in [4.78, 5) is 26.2. The Bertz CT molecular complexity index is 1390. The molecule has 4 aromatic heterocycles. The zero-order valence-electron chi connectivity index (χ0n) is 17.8. The van der Waals surface area contributed by atoms with Crippen LogP contribution in [0.25, 0.3) is 22.2 Å². The molecule has 5 rings (SSSR count). The maximum absolute atomic E-state index is 12.5. The number of rotatable bonds is 2. The van der Waals surface area contributed by atoms with Gasteiger partial charge in [0, 0.05) is 63.0 Å². The molecule has 0 spiro atoms. The monoisotopic (exact) mass is 435 g/mol. The number of fused-ring (bicyclic) bond motifs is 2. The van der Waals surface area contributed by atoms with E-state index in [9.17, 15) is 4.79 Å². The Morgan fingerprint density at radius 3 is 2.58 bits per heavy atom. The van der Waals surface area contributed by atoms with Crippen molar-refractivity contribution in [3.05, 3.63) is 57.9 Å². The maximum Gasteiger partial charge on any atom is 0.253 e.